The molecule has 5 nitrogen and oxygen atoms in total. The Morgan fingerprint density at radius 3 is 2.90 bits per heavy atom. The van der Waals surface area contributed by atoms with E-state index in [0.29, 0.717) is 6.61 Å². The van der Waals surface area contributed by atoms with Gasteiger partial charge in [0.2, 0.25) is 4.96 Å². The highest BCUT2D eigenvalue weighted by Crippen LogP contribution is 2.33. The number of fused-ring (bicyclic) bond motifs is 1. The quantitative estimate of drug-likeness (QED) is 0.696. The van der Waals surface area contributed by atoms with Crippen molar-refractivity contribution in [1.29, 1.82) is 0 Å². The Kier molecular flexibility index (Phi) is 3.37. The Morgan fingerprint density at radius 1 is 1.29 bits per heavy atom. The van der Waals surface area contributed by atoms with Crippen molar-refractivity contribution in [3.05, 3.63) is 46.7 Å². The molecule has 0 radical (unpaired) electrons. The number of rotatable bonds is 3. The van der Waals surface area contributed by atoms with E-state index in [2.05, 4.69) is 15.3 Å². The fourth-order valence-electron chi connectivity index (χ4n) is 2.51. The molecular formula is C14H13ClN4OS. The third-order valence-electron chi connectivity index (χ3n) is 3.63. The zero-order valence-electron chi connectivity index (χ0n) is 11.1. The molecule has 2 atom stereocenters. The van der Waals surface area contributed by atoms with Crippen LogP contribution in [0.5, 0.6) is 0 Å². The van der Waals surface area contributed by atoms with Crippen LogP contribution in [-0.4, -0.2) is 33.0 Å². The Balaban J connectivity index is 1.71. The highest BCUT2D eigenvalue weighted by Gasteiger charge is 2.26. The van der Waals surface area contributed by atoms with Gasteiger partial charge in [0.25, 0.3) is 0 Å². The molecule has 1 saturated heterocycles. The summed E-state index contributed by atoms with van der Waals surface area (Å²) < 4.78 is 7.24. The molecule has 7 heteroatoms. The molecule has 2 aromatic heterocycles. The molecule has 4 rings (SSSR count). The van der Waals surface area contributed by atoms with Crippen molar-refractivity contribution in [3.63, 3.8) is 0 Å². The number of hydrogen-bond acceptors (Lipinski definition) is 5. The lowest BCUT2D eigenvalue weighted by molar-refractivity contribution is 0.193. The van der Waals surface area contributed by atoms with Crippen molar-refractivity contribution in [2.75, 3.05) is 13.2 Å². The van der Waals surface area contributed by atoms with Crippen LogP contribution in [0.4, 0.5) is 0 Å². The molecule has 1 aromatic carbocycles. The predicted molar refractivity (Wildman–Crippen MR) is 81.0 cm³/mol. The fourth-order valence-corrected chi connectivity index (χ4v) is 3.68. The average molecular weight is 321 g/mol. The molecule has 1 aliphatic heterocycles. The highest BCUT2D eigenvalue weighted by molar-refractivity contribution is 7.17. The summed E-state index contributed by atoms with van der Waals surface area (Å²) in [5.74, 6) is 1.15. The van der Waals surface area contributed by atoms with Gasteiger partial charge in [0.1, 0.15) is 10.4 Å². The number of nitrogens with zero attached hydrogens (tertiary/aromatic N) is 4. The first-order valence-electron chi connectivity index (χ1n) is 6.82. The molecule has 0 amide bonds. The molecule has 0 N–H and O–H groups in total. The van der Waals surface area contributed by atoms with Crippen molar-refractivity contribution in [1.82, 2.24) is 19.8 Å². The van der Waals surface area contributed by atoms with Gasteiger partial charge in [-0.1, -0.05) is 41.7 Å². The Labute approximate surface area is 130 Å². The summed E-state index contributed by atoms with van der Waals surface area (Å²) in [6, 6.07) is 9.94. The van der Waals surface area contributed by atoms with E-state index >= 15 is 0 Å². The zero-order chi connectivity index (χ0) is 14.2. The third-order valence-corrected chi connectivity index (χ3v) is 5.19. The Hall–Kier alpha value is -1.50. The Morgan fingerprint density at radius 2 is 2.14 bits per heavy atom. The van der Waals surface area contributed by atoms with Gasteiger partial charge < -0.3 is 4.74 Å². The summed E-state index contributed by atoms with van der Waals surface area (Å²) in [6.45, 7) is 1.47. The average Bonchev–Trinajstić information content (AvgIpc) is 3.23. The van der Waals surface area contributed by atoms with Crippen molar-refractivity contribution in [2.45, 2.75) is 17.7 Å². The van der Waals surface area contributed by atoms with Gasteiger partial charge in [-0.3, -0.25) is 0 Å². The molecule has 1 aliphatic rings. The van der Waals surface area contributed by atoms with Crippen LogP contribution in [0.25, 0.3) is 4.96 Å². The third kappa shape index (κ3) is 2.33. The lowest BCUT2D eigenvalue weighted by Gasteiger charge is -2.05. The maximum atomic E-state index is 6.53. The molecule has 1 fully saturated rings. The predicted octanol–water partition coefficient (Wildman–Crippen LogP) is 3.02. The van der Waals surface area contributed by atoms with Gasteiger partial charge in [0, 0.05) is 12.5 Å². The van der Waals surface area contributed by atoms with Crippen LogP contribution in [0.15, 0.2) is 30.3 Å². The number of hydrogen-bond donors (Lipinski definition) is 0. The molecule has 21 heavy (non-hydrogen) atoms. The van der Waals surface area contributed by atoms with Crippen molar-refractivity contribution < 1.29 is 4.74 Å². The van der Waals surface area contributed by atoms with E-state index in [1.807, 2.05) is 34.8 Å². The highest BCUT2D eigenvalue weighted by atomic mass is 35.5. The summed E-state index contributed by atoms with van der Waals surface area (Å²) in [5.41, 5.74) is 1.04. The second-order valence-electron chi connectivity index (χ2n) is 5.03. The van der Waals surface area contributed by atoms with Gasteiger partial charge in [-0.15, -0.1) is 21.8 Å². The van der Waals surface area contributed by atoms with E-state index in [1.165, 1.54) is 11.3 Å². The smallest absolute Gasteiger partial charge is 0.234 e. The van der Waals surface area contributed by atoms with Crippen molar-refractivity contribution in [2.24, 2.45) is 0 Å². The van der Waals surface area contributed by atoms with Gasteiger partial charge in [-0.25, -0.2) is 0 Å². The van der Waals surface area contributed by atoms with Crippen LogP contribution in [0.3, 0.4) is 0 Å². The largest absolute Gasteiger partial charge is 0.381 e. The van der Waals surface area contributed by atoms with Crippen molar-refractivity contribution >= 4 is 27.9 Å². The zero-order valence-corrected chi connectivity index (χ0v) is 12.7. The van der Waals surface area contributed by atoms with Crippen molar-refractivity contribution in [3.8, 4) is 0 Å². The van der Waals surface area contributed by atoms with Gasteiger partial charge in [0.15, 0.2) is 5.82 Å². The molecule has 0 spiro atoms. The monoisotopic (exact) mass is 320 g/mol. The number of aromatic nitrogens is 4. The van der Waals surface area contributed by atoms with E-state index in [0.717, 1.165) is 34.4 Å². The van der Waals surface area contributed by atoms with Gasteiger partial charge >= 0.3 is 0 Å². The van der Waals surface area contributed by atoms with E-state index < -0.39 is 0 Å². The molecule has 2 unspecified atom stereocenters. The molecule has 3 aromatic rings. The minimum atomic E-state index is -0.259. The molecule has 108 valence electrons. The standard InChI is InChI=1S/C14H13ClN4OS/c15-11(9-4-2-1-3-5-9)13-18-19-12(10-6-7-20-8-10)16-17-14(19)21-13/h1-5,10-11H,6-8H2. The summed E-state index contributed by atoms with van der Waals surface area (Å²) in [4.78, 5) is 0.786. The van der Waals surface area contributed by atoms with Crippen LogP contribution < -0.4 is 0 Å². The minimum absolute atomic E-state index is 0.259. The first kappa shape index (κ1) is 13.2. The van der Waals surface area contributed by atoms with Gasteiger partial charge in [-0.05, 0) is 12.0 Å². The fraction of sp³-hybridized carbons (Fsp3) is 0.357. The second kappa shape index (κ2) is 5.36. The van der Waals surface area contributed by atoms with Gasteiger partial charge in [-0.2, -0.15) is 9.61 Å². The lowest BCUT2D eigenvalue weighted by Crippen LogP contribution is -2.05. The van der Waals surface area contributed by atoms with Crippen LogP contribution in [-0.2, 0) is 4.74 Å². The summed E-state index contributed by atoms with van der Waals surface area (Å²) in [7, 11) is 0. The maximum absolute atomic E-state index is 6.53. The Bertz CT molecular complexity index is 751. The van der Waals surface area contributed by atoms with E-state index in [1.54, 1.807) is 0 Å². The molecule has 0 bridgehead atoms. The SMILES string of the molecule is ClC(c1ccccc1)c1nn2c(C3CCOC3)nnc2s1. The van der Waals surface area contributed by atoms with Crippen LogP contribution in [0.1, 0.15) is 34.1 Å². The summed E-state index contributed by atoms with van der Waals surface area (Å²) in [5, 5.41) is 13.7. The summed E-state index contributed by atoms with van der Waals surface area (Å²) >= 11 is 8.02. The number of benzene rings is 1. The molecule has 0 saturated carbocycles. The van der Waals surface area contributed by atoms with Crippen LogP contribution >= 0.6 is 22.9 Å². The molecular weight excluding hydrogens is 308 g/mol. The van der Waals surface area contributed by atoms with Crippen LogP contribution in [0.2, 0.25) is 0 Å². The first-order chi connectivity index (χ1) is 10.3. The van der Waals surface area contributed by atoms with E-state index in [4.69, 9.17) is 16.3 Å². The number of alkyl halides is 1. The van der Waals surface area contributed by atoms with Gasteiger partial charge in [0.05, 0.1) is 6.61 Å². The second-order valence-corrected chi connectivity index (χ2v) is 6.45. The van der Waals surface area contributed by atoms with Crippen LogP contribution in [0, 0.1) is 0 Å². The van der Waals surface area contributed by atoms with E-state index in [9.17, 15) is 0 Å². The molecule has 0 aliphatic carbocycles. The minimum Gasteiger partial charge on any atom is -0.381 e. The number of ether oxygens (including phenoxy) is 1. The summed E-state index contributed by atoms with van der Waals surface area (Å²) in [6.07, 6.45) is 0.969. The maximum Gasteiger partial charge on any atom is 0.234 e. The van der Waals surface area contributed by atoms with E-state index in [-0.39, 0.29) is 11.3 Å². The molecule has 3 heterocycles. The lowest BCUT2D eigenvalue weighted by atomic mass is 10.1. The number of halogens is 1. The first-order valence-corrected chi connectivity index (χ1v) is 8.07. The normalized spacial score (nSPS) is 20.1. The topological polar surface area (TPSA) is 52.3 Å².